The summed E-state index contributed by atoms with van der Waals surface area (Å²) < 4.78 is 0. The van der Waals surface area contributed by atoms with Gasteiger partial charge in [0.1, 0.15) is 0 Å². The second-order valence-corrected chi connectivity index (χ2v) is 12.4. The van der Waals surface area contributed by atoms with E-state index in [0.717, 1.165) is 19.6 Å². The van der Waals surface area contributed by atoms with Gasteiger partial charge in [-0.3, -0.25) is 4.90 Å². The monoisotopic (exact) mass is 339 g/mol. The summed E-state index contributed by atoms with van der Waals surface area (Å²) in [6, 6.07) is 21.2. The van der Waals surface area contributed by atoms with Gasteiger partial charge in [-0.25, -0.2) is 0 Å². The Balaban J connectivity index is 2.19. The van der Waals surface area contributed by atoms with Crippen molar-refractivity contribution < 1.29 is 5.11 Å². The van der Waals surface area contributed by atoms with Gasteiger partial charge < -0.3 is 5.11 Å². The standard InChI is InChI=1S/C21H29NOSi/c1-24(2,3)21(14-15-23)18-22(16-19-10-6-4-7-11-19)17-20-12-8-5-9-13-20/h4-14,23H,15-18H2,1-3H3/b21-14-. The molecule has 0 heterocycles. The van der Waals surface area contributed by atoms with Crippen LogP contribution in [0.25, 0.3) is 0 Å². The van der Waals surface area contributed by atoms with Crippen LogP contribution in [0.4, 0.5) is 0 Å². The number of aliphatic hydroxyl groups is 1. The lowest BCUT2D eigenvalue weighted by Gasteiger charge is -2.29. The molecule has 0 bridgehead atoms. The SMILES string of the molecule is C[Si](C)(C)/C(=C\CO)CN(Cc1ccccc1)Cc1ccccc1. The van der Waals surface area contributed by atoms with Gasteiger partial charge in [0.25, 0.3) is 0 Å². The molecule has 2 aromatic rings. The zero-order valence-electron chi connectivity index (χ0n) is 15.1. The Morgan fingerprint density at radius 1 is 0.875 bits per heavy atom. The number of nitrogens with zero attached hydrogens (tertiary/aromatic N) is 1. The number of hydrogen-bond donors (Lipinski definition) is 1. The highest BCUT2D eigenvalue weighted by Gasteiger charge is 2.21. The van der Waals surface area contributed by atoms with Gasteiger partial charge in [-0.05, 0) is 11.1 Å². The maximum Gasteiger partial charge on any atom is 0.0738 e. The Hall–Kier alpha value is -1.68. The van der Waals surface area contributed by atoms with Crippen LogP contribution in [-0.4, -0.2) is 31.2 Å². The van der Waals surface area contributed by atoms with Crippen LogP contribution in [0, 0.1) is 0 Å². The molecule has 0 saturated heterocycles. The Labute approximate surface area is 147 Å². The molecule has 128 valence electrons. The van der Waals surface area contributed by atoms with Crippen molar-refractivity contribution in [3.63, 3.8) is 0 Å². The molecule has 24 heavy (non-hydrogen) atoms. The molecule has 0 unspecified atom stereocenters. The van der Waals surface area contributed by atoms with Gasteiger partial charge in [0, 0.05) is 19.6 Å². The second kappa shape index (κ2) is 8.97. The minimum atomic E-state index is -1.45. The summed E-state index contributed by atoms with van der Waals surface area (Å²) in [5, 5.41) is 10.8. The maximum absolute atomic E-state index is 9.42. The van der Waals surface area contributed by atoms with E-state index in [1.807, 2.05) is 6.08 Å². The minimum absolute atomic E-state index is 0.129. The van der Waals surface area contributed by atoms with E-state index in [1.54, 1.807) is 0 Å². The van der Waals surface area contributed by atoms with Crippen LogP contribution in [0.3, 0.4) is 0 Å². The summed E-state index contributed by atoms with van der Waals surface area (Å²) in [7, 11) is -1.45. The van der Waals surface area contributed by atoms with Gasteiger partial charge in [-0.1, -0.05) is 91.6 Å². The van der Waals surface area contributed by atoms with Gasteiger partial charge >= 0.3 is 0 Å². The fraction of sp³-hybridized carbons (Fsp3) is 0.333. The van der Waals surface area contributed by atoms with Crippen molar-refractivity contribution in [1.29, 1.82) is 0 Å². The second-order valence-electron chi connectivity index (χ2n) is 7.28. The zero-order valence-corrected chi connectivity index (χ0v) is 16.1. The lowest BCUT2D eigenvalue weighted by atomic mass is 10.1. The molecule has 0 radical (unpaired) electrons. The van der Waals surface area contributed by atoms with E-state index in [4.69, 9.17) is 0 Å². The third-order valence-electron chi connectivity index (χ3n) is 4.19. The van der Waals surface area contributed by atoms with Crippen LogP contribution in [0.5, 0.6) is 0 Å². The van der Waals surface area contributed by atoms with Gasteiger partial charge in [0.15, 0.2) is 0 Å². The first-order chi connectivity index (χ1) is 11.5. The number of rotatable bonds is 8. The molecule has 2 nitrogen and oxygen atoms in total. The molecule has 0 spiro atoms. The Morgan fingerprint density at radius 3 is 1.71 bits per heavy atom. The van der Waals surface area contributed by atoms with E-state index in [-0.39, 0.29) is 6.61 Å². The van der Waals surface area contributed by atoms with Crippen molar-refractivity contribution in [2.24, 2.45) is 0 Å². The molecule has 0 amide bonds. The van der Waals surface area contributed by atoms with Crippen molar-refractivity contribution >= 4 is 8.07 Å². The molecule has 0 aliphatic heterocycles. The number of aliphatic hydroxyl groups excluding tert-OH is 1. The lowest BCUT2D eigenvalue weighted by Crippen LogP contribution is -2.35. The van der Waals surface area contributed by atoms with E-state index in [0.29, 0.717) is 0 Å². The Kier molecular flexibility index (Phi) is 6.97. The first kappa shape index (κ1) is 18.7. The van der Waals surface area contributed by atoms with Gasteiger partial charge in [-0.15, -0.1) is 0 Å². The molecular weight excluding hydrogens is 310 g/mol. The summed E-state index contributed by atoms with van der Waals surface area (Å²) >= 11 is 0. The lowest BCUT2D eigenvalue weighted by molar-refractivity contribution is 0.281. The molecule has 0 saturated carbocycles. The fourth-order valence-corrected chi connectivity index (χ4v) is 4.21. The molecule has 3 heteroatoms. The summed E-state index contributed by atoms with van der Waals surface area (Å²) in [5.41, 5.74) is 2.65. The van der Waals surface area contributed by atoms with E-state index >= 15 is 0 Å². The quantitative estimate of drug-likeness (QED) is 0.717. The van der Waals surface area contributed by atoms with Gasteiger partial charge in [0.05, 0.1) is 14.7 Å². The topological polar surface area (TPSA) is 23.5 Å². The van der Waals surface area contributed by atoms with E-state index in [9.17, 15) is 5.11 Å². The maximum atomic E-state index is 9.42. The predicted molar refractivity (Wildman–Crippen MR) is 106 cm³/mol. The molecule has 2 aromatic carbocycles. The third-order valence-corrected chi connectivity index (χ3v) is 6.48. The van der Waals surface area contributed by atoms with Gasteiger partial charge in [-0.2, -0.15) is 0 Å². The van der Waals surface area contributed by atoms with E-state index in [2.05, 4.69) is 85.2 Å². The van der Waals surface area contributed by atoms with Crippen LogP contribution in [0.2, 0.25) is 19.6 Å². The third kappa shape index (κ3) is 6.08. The van der Waals surface area contributed by atoms with Crippen molar-refractivity contribution in [2.45, 2.75) is 32.7 Å². The molecule has 0 fully saturated rings. The smallest absolute Gasteiger partial charge is 0.0738 e. The van der Waals surface area contributed by atoms with Crippen LogP contribution in [-0.2, 0) is 13.1 Å². The summed E-state index contributed by atoms with van der Waals surface area (Å²) in [5.74, 6) is 0. The Bertz CT molecular complexity index is 590. The van der Waals surface area contributed by atoms with Crippen LogP contribution in [0.1, 0.15) is 11.1 Å². The van der Waals surface area contributed by atoms with E-state index < -0.39 is 8.07 Å². The molecule has 0 aliphatic rings. The van der Waals surface area contributed by atoms with Gasteiger partial charge in [0.2, 0.25) is 0 Å². The zero-order chi connectivity index (χ0) is 17.4. The average molecular weight is 340 g/mol. The summed E-state index contributed by atoms with van der Waals surface area (Å²) in [4.78, 5) is 2.48. The van der Waals surface area contributed by atoms with Crippen LogP contribution < -0.4 is 0 Å². The fourth-order valence-electron chi connectivity index (χ4n) is 2.81. The van der Waals surface area contributed by atoms with Crippen molar-refractivity contribution in [2.75, 3.05) is 13.2 Å². The average Bonchev–Trinajstić information content (AvgIpc) is 2.55. The number of hydrogen-bond acceptors (Lipinski definition) is 2. The largest absolute Gasteiger partial charge is 0.392 e. The first-order valence-electron chi connectivity index (χ1n) is 8.59. The number of benzene rings is 2. The molecular formula is C21H29NOSi. The predicted octanol–water partition coefficient (Wildman–Crippen LogP) is 4.48. The molecule has 2 rings (SSSR count). The normalized spacial score (nSPS) is 12.6. The van der Waals surface area contributed by atoms with Crippen molar-refractivity contribution in [1.82, 2.24) is 4.90 Å². The summed E-state index contributed by atoms with van der Waals surface area (Å²) in [6.45, 7) is 9.92. The Morgan fingerprint density at radius 2 is 1.33 bits per heavy atom. The van der Waals surface area contributed by atoms with E-state index in [1.165, 1.54) is 16.3 Å². The summed E-state index contributed by atoms with van der Waals surface area (Å²) in [6.07, 6.45) is 2.02. The highest BCUT2D eigenvalue weighted by atomic mass is 28.3. The van der Waals surface area contributed by atoms with Crippen LogP contribution in [0.15, 0.2) is 71.9 Å². The molecule has 0 aromatic heterocycles. The van der Waals surface area contributed by atoms with Crippen LogP contribution >= 0.6 is 0 Å². The first-order valence-corrected chi connectivity index (χ1v) is 12.1. The van der Waals surface area contributed by atoms with Crippen molar-refractivity contribution in [3.05, 3.63) is 83.1 Å². The minimum Gasteiger partial charge on any atom is -0.392 e. The molecule has 0 aliphatic carbocycles. The molecule has 0 atom stereocenters. The highest BCUT2D eigenvalue weighted by molar-refractivity contribution is 6.83. The highest BCUT2D eigenvalue weighted by Crippen LogP contribution is 2.19. The molecule has 1 N–H and O–H groups in total. The van der Waals surface area contributed by atoms with Crippen molar-refractivity contribution in [3.8, 4) is 0 Å².